The molecule has 6 nitrogen and oxygen atoms in total. The molecule has 2 aromatic heterocycles. The second-order valence-corrected chi connectivity index (χ2v) is 8.52. The van der Waals surface area contributed by atoms with E-state index in [0.717, 1.165) is 34.5 Å². The smallest absolute Gasteiger partial charge is 0.406 e. The van der Waals surface area contributed by atoms with Gasteiger partial charge in [0.15, 0.2) is 0 Å². The molecule has 1 aromatic carbocycles. The minimum atomic E-state index is -4.71. The van der Waals surface area contributed by atoms with Crippen LogP contribution in [0.25, 0.3) is 10.2 Å². The molecular weight excluding hydrogens is 431 g/mol. The maximum Gasteiger partial charge on any atom is 0.573 e. The van der Waals surface area contributed by atoms with Crippen molar-refractivity contribution in [2.75, 3.05) is 13.7 Å². The van der Waals surface area contributed by atoms with E-state index in [2.05, 4.69) is 15.0 Å². The zero-order valence-electron chi connectivity index (χ0n) is 16.9. The standard InChI is InChI=1S/C21H22F3N3O3S/c1-29-8-7-27-12-26-19-18(20(27)28)16-6-5-14(10-17(16)31-19)25-11-13-3-2-4-15(9-13)30-21(22,23)24/h2-4,9,12,14,25H,5-8,10-11H2,1H3/t14-/m0/s1. The molecule has 2 heterocycles. The number of alkyl halides is 3. The van der Waals surface area contributed by atoms with Gasteiger partial charge in [-0.05, 0) is 42.5 Å². The van der Waals surface area contributed by atoms with Crippen LogP contribution in [-0.4, -0.2) is 35.7 Å². The molecule has 0 spiro atoms. The number of benzene rings is 1. The first kappa shape index (κ1) is 21.8. The molecule has 0 amide bonds. The summed E-state index contributed by atoms with van der Waals surface area (Å²) in [6.07, 6.45) is -0.785. The lowest BCUT2D eigenvalue weighted by atomic mass is 9.93. The van der Waals surface area contributed by atoms with Crippen LogP contribution in [-0.2, 0) is 30.7 Å². The minimum absolute atomic E-state index is 0.0348. The summed E-state index contributed by atoms with van der Waals surface area (Å²) in [6.45, 7) is 1.34. The highest BCUT2D eigenvalue weighted by molar-refractivity contribution is 7.18. The zero-order chi connectivity index (χ0) is 22.0. The highest BCUT2D eigenvalue weighted by Gasteiger charge is 2.31. The Morgan fingerprint density at radius 2 is 2.19 bits per heavy atom. The van der Waals surface area contributed by atoms with Gasteiger partial charge in [-0.1, -0.05) is 12.1 Å². The number of thiophene rings is 1. The number of nitrogens with zero attached hydrogens (tertiary/aromatic N) is 2. The fraction of sp³-hybridized carbons (Fsp3) is 0.429. The zero-order valence-corrected chi connectivity index (χ0v) is 17.7. The van der Waals surface area contributed by atoms with Gasteiger partial charge in [0.2, 0.25) is 0 Å². The molecule has 0 saturated carbocycles. The van der Waals surface area contributed by atoms with Gasteiger partial charge in [-0.25, -0.2) is 4.98 Å². The quantitative estimate of drug-likeness (QED) is 0.592. The average molecular weight is 453 g/mol. The number of aromatic nitrogens is 2. The maximum atomic E-state index is 12.9. The third-order valence-corrected chi connectivity index (χ3v) is 6.46. The number of hydrogen-bond donors (Lipinski definition) is 1. The summed E-state index contributed by atoms with van der Waals surface area (Å²) >= 11 is 1.54. The van der Waals surface area contributed by atoms with E-state index in [4.69, 9.17) is 4.74 Å². The SMILES string of the molecule is COCCn1cnc2sc3c(c2c1=O)CC[C@H](NCc1cccc(OC(F)(F)F)c1)C3. The Bertz CT molecular complexity index is 1130. The Balaban J connectivity index is 1.45. The molecule has 0 aliphatic heterocycles. The molecule has 1 aliphatic rings. The molecule has 10 heteroatoms. The maximum absolute atomic E-state index is 12.9. The Morgan fingerprint density at radius 3 is 2.97 bits per heavy atom. The van der Waals surface area contributed by atoms with Crippen LogP contribution in [0.1, 0.15) is 22.4 Å². The second-order valence-electron chi connectivity index (χ2n) is 7.44. The molecule has 166 valence electrons. The third-order valence-electron chi connectivity index (χ3n) is 5.30. The Morgan fingerprint density at radius 1 is 1.35 bits per heavy atom. The number of hydrogen-bond acceptors (Lipinski definition) is 6. The molecule has 4 rings (SSSR count). The van der Waals surface area contributed by atoms with E-state index in [1.165, 1.54) is 23.5 Å². The molecule has 1 aliphatic carbocycles. The fourth-order valence-electron chi connectivity index (χ4n) is 3.84. The molecule has 0 fully saturated rings. The van der Waals surface area contributed by atoms with E-state index >= 15 is 0 Å². The van der Waals surface area contributed by atoms with Crippen molar-refractivity contribution in [3.8, 4) is 5.75 Å². The molecule has 0 saturated heterocycles. The van der Waals surface area contributed by atoms with Crippen LogP contribution in [0.4, 0.5) is 13.2 Å². The van der Waals surface area contributed by atoms with Gasteiger partial charge in [0.25, 0.3) is 5.56 Å². The molecular formula is C21H22F3N3O3S. The largest absolute Gasteiger partial charge is 0.573 e. The van der Waals surface area contributed by atoms with E-state index in [1.54, 1.807) is 30.1 Å². The van der Waals surface area contributed by atoms with Crippen molar-refractivity contribution in [2.24, 2.45) is 0 Å². The van der Waals surface area contributed by atoms with Crippen LogP contribution in [0.2, 0.25) is 0 Å². The van der Waals surface area contributed by atoms with Crippen molar-refractivity contribution in [1.82, 2.24) is 14.9 Å². The molecule has 0 bridgehead atoms. The minimum Gasteiger partial charge on any atom is -0.406 e. The summed E-state index contributed by atoms with van der Waals surface area (Å²) in [5, 5.41) is 4.12. The summed E-state index contributed by atoms with van der Waals surface area (Å²) in [4.78, 5) is 19.2. The second kappa shape index (κ2) is 8.97. The van der Waals surface area contributed by atoms with Gasteiger partial charge in [-0.2, -0.15) is 0 Å². The summed E-state index contributed by atoms with van der Waals surface area (Å²) < 4.78 is 47.9. The predicted octanol–water partition coefficient (Wildman–Crippen LogP) is 3.65. The molecule has 0 unspecified atom stereocenters. The number of ether oxygens (including phenoxy) is 2. The van der Waals surface area contributed by atoms with Gasteiger partial charge in [0, 0.05) is 24.6 Å². The predicted molar refractivity (Wildman–Crippen MR) is 112 cm³/mol. The van der Waals surface area contributed by atoms with Crippen molar-refractivity contribution in [1.29, 1.82) is 0 Å². The summed E-state index contributed by atoms with van der Waals surface area (Å²) in [7, 11) is 1.59. The van der Waals surface area contributed by atoms with Crippen LogP contribution in [0.5, 0.6) is 5.75 Å². The summed E-state index contributed by atoms with van der Waals surface area (Å²) in [5.41, 5.74) is 1.75. The summed E-state index contributed by atoms with van der Waals surface area (Å²) in [5.74, 6) is -0.224. The number of aryl methyl sites for hydroxylation is 1. The van der Waals surface area contributed by atoms with Crippen molar-refractivity contribution in [3.05, 3.63) is 57.0 Å². The van der Waals surface area contributed by atoms with Crippen LogP contribution < -0.4 is 15.6 Å². The number of nitrogens with one attached hydrogen (secondary N) is 1. The van der Waals surface area contributed by atoms with E-state index in [-0.39, 0.29) is 17.4 Å². The van der Waals surface area contributed by atoms with Gasteiger partial charge in [-0.15, -0.1) is 24.5 Å². The lowest BCUT2D eigenvalue weighted by molar-refractivity contribution is -0.274. The topological polar surface area (TPSA) is 65.4 Å². The molecule has 1 atom stereocenters. The first-order chi connectivity index (χ1) is 14.8. The fourth-order valence-corrected chi connectivity index (χ4v) is 5.10. The first-order valence-electron chi connectivity index (χ1n) is 9.91. The van der Waals surface area contributed by atoms with Crippen molar-refractivity contribution in [2.45, 2.75) is 44.8 Å². The molecule has 3 aromatic rings. The van der Waals surface area contributed by atoms with E-state index < -0.39 is 6.36 Å². The highest BCUT2D eigenvalue weighted by Crippen LogP contribution is 2.33. The van der Waals surface area contributed by atoms with Crippen molar-refractivity contribution >= 4 is 21.6 Å². The highest BCUT2D eigenvalue weighted by atomic mass is 32.1. The van der Waals surface area contributed by atoms with Gasteiger partial charge in [-0.3, -0.25) is 9.36 Å². The third kappa shape index (κ3) is 5.08. The van der Waals surface area contributed by atoms with Crippen molar-refractivity contribution < 1.29 is 22.6 Å². The van der Waals surface area contributed by atoms with Gasteiger partial charge in [0.05, 0.1) is 24.9 Å². The molecule has 0 radical (unpaired) electrons. The lowest BCUT2D eigenvalue weighted by Gasteiger charge is -2.23. The number of rotatable bonds is 7. The number of methoxy groups -OCH3 is 1. The monoisotopic (exact) mass is 453 g/mol. The van der Waals surface area contributed by atoms with Crippen LogP contribution >= 0.6 is 11.3 Å². The summed E-state index contributed by atoms with van der Waals surface area (Å²) in [6, 6.07) is 6.15. The van der Waals surface area contributed by atoms with Crippen LogP contribution in [0.15, 0.2) is 35.4 Å². The number of fused-ring (bicyclic) bond motifs is 3. The number of halogens is 3. The first-order valence-corrected chi connectivity index (χ1v) is 10.7. The van der Waals surface area contributed by atoms with E-state index in [1.807, 2.05) is 0 Å². The van der Waals surface area contributed by atoms with Crippen LogP contribution in [0.3, 0.4) is 0 Å². The molecule has 31 heavy (non-hydrogen) atoms. The average Bonchev–Trinajstić information content (AvgIpc) is 3.09. The molecule has 1 N–H and O–H groups in total. The van der Waals surface area contributed by atoms with E-state index in [0.29, 0.717) is 30.6 Å². The van der Waals surface area contributed by atoms with Gasteiger partial charge < -0.3 is 14.8 Å². The Kier molecular flexibility index (Phi) is 6.31. The van der Waals surface area contributed by atoms with E-state index in [9.17, 15) is 18.0 Å². The van der Waals surface area contributed by atoms with Crippen molar-refractivity contribution in [3.63, 3.8) is 0 Å². The Hall–Kier alpha value is -2.43. The normalized spacial score (nSPS) is 16.5. The van der Waals surface area contributed by atoms with Crippen LogP contribution in [0, 0.1) is 0 Å². The van der Waals surface area contributed by atoms with Gasteiger partial charge >= 0.3 is 6.36 Å². The lowest BCUT2D eigenvalue weighted by Crippen LogP contribution is -2.34. The Labute approximate surface area is 180 Å². The van der Waals surface area contributed by atoms with Gasteiger partial charge in [0.1, 0.15) is 10.6 Å².